The fraction of sp³-hybridized carbons (Fsp3) is 0.0833. The Bertz CT molecular complexity index is 569. The molecule has 19 heavy (non-hydrogen) atoms. The van der Waals surface area contributed by atoms with Crippen LogP contribution < -0.4 is 10.1 Å². The monoisotopic (exact) mass is 287 g/mol. The van der Waals surface area contributed by atoms with Gasteiger partial charge in [0.15, 0.2) is 11.0 Å². The molecule has 2 rings (SSSR count). The predicted molar refractivity (Wildman–Crippen MR) is 64.7 cm³/mol. The molecule has 0 fully saturated rings. The number of carbonyl (C=O) groups is 1. The molecule has 0 atom stereocenters. The molecule has 1 aromatic heterocycles. The molecule has 0 bridgehead atoms. The summed E-state index contributed by atoms with van der Waals surface area (Å²) in [7, 11) is 0. The number of carbonyl (C=O) groups excluding carboxylic acids is 1. The Morgan fingerprint density at radius 1 is 1.21 bits per heavy atom. The number of hydrogen-bond acceptors (Lipinski definition) is 3. The van der Waals surface area contributed by atoms with Gasteiger partial charge >= 0.3 is 6.61 Å². The van der Waals surface area contributed by atoms with Crippen LogP contribution in [0.1, 0.15) is 10.6 Å². The Kier molecular flexibility index (Phi) is 4.01. The molecular weight excluding hydrogens is 280 g/mol. The van der Waals surface area contributed by atoms with Gasteiger partial charge in [0.25, 0.3) is 5.91 Å². The molecule has 0 radical (unpaired) electrons. The van der Waals surface area contributed by atoms with E-state index < -0.39 is 12.5 Å². The van der Waals surface area contributed by atoms with Crippen LogP contribution in [-0.4, -0.2) is 12.5 Å². The Labute approximate surface area is 111 Å². The van der Waals surface area contributed by atoms with Gasteiger partial charge in [-0.1, -0.05) is 0 Å². The lowest BCUT2D eigenvalue weighted by Gasteiger charge is -2.06. The zero-order valence-electron chi connectivity index (χ0n) is 9.40. The van der Waals surface area contributed by atoms with Crippen LogP contribution in [0.15, 0.2) is 40.8 Å². The third-order valence-corrected chi connectivity index (χ3v) is 2.34. The number of benzene rings is 1. The predicted octanol–water partition coefficient (Wildman–Crippen LogP) is 3.79. The van der Waals surface area contributed by atoms with E-state index in [0.717, 1.165) is 0 Å². The zero-order chi connectivity index (χ0) is 13.8. The van der Waals surface area contributed by atoms with Crippen molar-refractivity contribution < 1.29 is 22.7 Å². The third kappa shape index (κ3) is 3.69. The number of amides is 1. The molecular formula is C12H8ClF2NO3. The van der Waals surface area contributed by atoms with E-state index in [1.807, 2.05) is 0 Å². The Morgan fingerprint density at radius 2 is 1.89 bits per heavy atom. The number of ether oxygens (including phenoxy) is 1. The minimum atomic E-state index is -2.88. The largest absolute Gasteiger partial charge is 0.440 e. The van der Waals surface area contributed by atoms with E-state index >= 15 is 0 Å². The number of alkyl halides is 2. The molecule has 7 heteroatoms. The summed E-state index contributed by atoms with van der Waals surface area (Å²) in [5, 5.41) is 2.62. The lowest BCUT2D eigenvalue weighted by molar-refractivity contribution is -0.0498. The highest BCUT2D eigenvalue weighted by Gasteiger charge is 2.11. The van der Waals surface area contributed by atoms with Gasteiger partial charge < -0.3 is 14.5 Å². The van der Waals surface area contributed by atoms with Gasteiger partial charge in [-0.2, -0.15) is 8.78 Å². The van der Waals surface area contributed by atoms with Crippen LogP contribution in [-0.2, 0) is 0 Å². The number of anilines is 1. The molecule has 0 spiro atoms. The zero-order valence-corrected chi connectivity index (χ0v) is 10.2. The van der Waals surface area contributed by atoms with Gasteiger partial charge in [-0.25, -0.2) is 0 Å². The van der Waals surface area contributed by atoms with E-state index in [-0.39, 0.29) is 16.7 Å². The van der Waals surface area contributed by atoms with Gasteiger partial charge in [0, 0.05) is 5.69 Å². The molecule has 0 unspecified atom stereocenters. The van der Waals surface area contributed by atoms with Crippen LogP contribution in [0.2, 0.25) is 5.22 Å². The van der Waals surface area contributed by atoms with Crippen molar-refractivity contribution in [2.45, 2.75) is 6.61 Å². The van der Waals surface area contributed by atoms with Gasteiger partial charge in [-0.3, -0.25) is 4.79 Å². The maximum atomic E-state index is 11.9. The molecule has 2 aromatic rings. The van der Waals surface area contributed by atoms with Crippen LogP contribution >= 0.6 is 11.6 Å². The van der Waals surface area contributed by atoms with Gasteiger partial charge in [-0.15, -0.1) is 0 Å². The lowest BCUT2D eigenvalue weighted by atomic mass is 10.3. The molecule has 100 valence electrons. The molecule has 0 aliphatic heterocycles. The van der Waals surface area contributed by atoms with E-state index in [9.17, 15) is 13.6 Å². The maximum Gasteiger partial charge on any atom is 0.387 e. The van der Waals surface area contributed by atoms with E-state index in [4.69, 9.17) is 16.0 Å². The first-order chi connectivity index (χ1) is 9.04. The summed E-state index contributed by atoms with van der Waals surface area (Å²) in [4.78, 5) is 11.7. The van der Waals surface area contributed by atoms with Crippen molar-refractivity contribution in [1.29, 1.82) is 0 Å². The second-order valence-electron chi connectivity index (χ2n) is 3.46. The van der Waals surface area contributed by atoms with Crippen LogP contribution in [0.4, 0.5) is 14.5 Å². The summed E-state index contributed by atoms with van der Waals surface area (Å²) in [5.74, 6) is -0.429. The smallest absolute Gasteiger partial charge is 0.387 e. The molecule has 1 N–H and O–H groups in total. The van der Waals surface area contributed by atoms with Gasteiger partial charge in [0.1, 0.15) is 5.75 Å². The average Bonchev–Trinajstić information content (AvgIpc) is 2.78. The molecule has 4 nitrogen and oxygen atoms in total. The number of halogens is 3. The van der Waals surface area contributed by atoms with Crippen molar-refractivity contribution in [3.8, 4) is 5.75 Å². The molecule has 0 aliphatic rings. The van der Waals surface area contributed by atoms with Crippen LogP contribution in [0, 0.1) is 0 Å². The number of furan rings is 1. The number of rotatable bonds is 4. The molecule has 0 saturated heterocycles. The highest BCUT2D eigenvalue weighted by atomic mass is 35.5. The minimum Gasteiger partial charge on any atom is -0.440 e. The highest BCUT2D eigenvalue weighted by Crippen LogP contribution is 2.19. The number of nitrogens with one attached hydrogen (secondary N) is 1. The van der Waals surface area contributed by atoms with Crippen LogP contribution in [0.5, 0.6) is 5.75 Å². The minimum absolute atomic E-state index is 0.00837. The first-order valence-electron chi connectivity index (χ1n) is 5.16. The lowest BCUT2D eigenvalue weighted by Crippen LogP contribution is -2.10. The Hall–Kier alpha value is -2.08. The van der Waals surface area contributed by atoms with E-state index in [2.05, 4.69) is 10.1 Å². The summed E-state index contributed by atoms with van der Waals surface area (Å²) in [6.07, 6.45) is 0. The van der Waals surface area contributed by atoms with Gasteiger partial charge in [0.2, 0.25) is 0 Å². The summed E-state index contributed by atoms with van der Waals surface area (Å²) >= 11 is 5.54. The van der Waals surface area contributed by atoms with Crippen LogP contribution in [0.25, 0.3) is 0 Å². The van der Waals surface area contributed by atoms with Crippen molar-refractivity contribution in [3.05, 3.63) is 47.4 Å². The Balaban J connectivity index is 2.01. The summed E-state index contributed by atoms with van der Waals surface area (Å²) in [6, 6.07) is 8.36. The van der Waals surface area contributed by atoms with Gasteiger partial charge in [0.05, 0.1) is 0 Å². The SMILES string of the molecule is O=C(Nc1ccc(OC(F)F)cc1)c1ccc(Cl)o1. The topological polar surface area (TPSA) is 51.5 Å². The normalized spacial score (nSPS) is 10.5. The standard InChI is InChI=1S/C12H8ClF2NO3/c13-10-6-5-9(19-10)11(17)16-7-1-3-8(4-2-7)18-12(14)15/h1-6,12H,(H,16,17). The fourth-order valence-electron chi connectivity index (χ4n) is 1.35. The maximum absolute atomic E-state index is 11.9. The quantitative estimate of drug-likeness (QED) is 0.931. The summed E-state index contributed by atoms with van der Waals surface area (Å²) < 4.78 is 33.0. The van der Waals surface area contributed by atoms with Gasteiger partial charge in [-0.05, 0) is 48.0 Å². The number of hydrogen-bond donors (Lipinski definition) is 1. The molecule has 1 aromatic carbocycles. The second kappa shape index (κ2) is 5.71. The molecule has 1 heterocycles. The van der Waals surface area contributed by atoms with Crippen LogP contribution in [0.3, 0.4) is 0 Å². The average molecular weight is 288 g/mol. The van der Waals surface area contributed by atoms with Crippen molar-refractivity contribution in [3.63, 3.8) is 0 Å². The van der Waals surface area contributed by atoms with Crippen molar-refractivity contribution >= 4 is 23.2 Å². The van der Waals surface area contributed by atoms with E-state index in [1.54, 1.807) is 0 Å². The van der Waals surface area contributed by atoms with E-state index in [1.165, 1.54) is 36.4 Å². The first-order valence-corrected chi connectivity index (χ1v) is 5.54. The molecule has 0 saturated carbocycles. The first kappa shape index (κ1) is 13.4. The van der Waals surface area contributed by atoms with Crippen molar-refractivity contribution in [1.82, 2.24) is 0 Å². The molecule has 1 amide bonds. The second-order valence-corrected chi connectivity index (χ2v) is 3.83. The Morgan fingerprint density at radius 3 is 2.42 bits per heavy atom. The summed E-state index contributed by atoms with van der Waals surface area (Å²) in [6.45, 7) is -2.88. The highest BCUT2D eigenvalue weighted by molar-refractivity contribution is 6.29. The van der Waals surface area contributed by atoms with Crippen molar-refractivity contribution in [2.24, 2.45) is 0 Å². The third-order valence-electron chi connectivity index (χ3n) is 2.13. The fourth-order valence-corrected chi connectivity index (χ4v) is 1.49. The molecule has 0 aliphatic carbocycles. The van der Waals surface area contributed by atoms with Crippen molar-refractivity contribution in [2.75, 3.05) is 5.32 Å². The van der Waals surface area contributed by atoms with E-state index in [0.29, 0.717) is 5.69 Å². The summed E-state index contributed by atoms with van der Waals surface area (Å²) in [5.41, 5.74) is 0.416.